The van der Waals surface area contributed by atoms with Crippen LogP contribution in [0.1, 0.15) is 38.4 Å². The average molecular weight is 425 g/mol. The minimum Gasteiger partial charge on any atom is -0.369 e. The van der Waals surface area contributed by atoms with Crippen molar-refractivity contribution in [2.24, 2.45) is 11.7 Å². The highest BCUT2D eigenvalue weighted by Gasteiger charge is 2.51. The summed E-state index contributed by atoms with van der Waals surface area (Å²) in [5.41, 5.74) is 6.10. The fourth-order valence-electron chi connectivity index (χ4n) is 4.94. The fourth-order valence-corrected chi connectivity index (χ4v) is 4.94. The van der Waals surface area contributed by atoms with Crippen molar-refractivity contribution in [3.63, 3.8) is 0 Å². The molecule has 31 heavy (non-hydrogen) atoms. The third-order valence-corrected chi connectivity index (χ3v) is 6.47. The van der Waals surface area contributed by atoms with Crippen molar-refractivity contribution in [1.29, 1.82) is 0 Å². The predicted octanol–water partition coefficient (Wildman–Crippen LogP) is 1.99. The van der Waals surface area contributed by atoms with E-state index in [4.69, 9.17) is 10.3 Å². The number of benzene rings is 1. The van der Waals surface area contributed by atoms with E-state index in [0.717, 1.165) is 18.4 Å². The molecule has 2 aliphatic heterocycles. The van der Waals surface area contributed by atoms with E-state index in [1.165, 1.54) is 6.92 Å². The highest BCUT2D eigenvalue weighted by atomic mass is 16.5. The molecule has 0 radical (unpaired) electrons. The molecule has 3 heterocycles. The van der Waals surface area contributed by atoms with Crippen molar-refractivity contribution in [3.05, 3.63) is 42.2 Å². The zero-order valence-electron chi connectivity index (χ0n) is 17.8. The van der Waals surface area contributed by atoms with Gasteiger partial charge in [0.2, 0.25) is 17.7 Å². The molecule has 2 saturated heterocycles. The summed E-state index contributed by atoms with van der Waals surface area (Å²) in [6.45, 7) is 2.87. The van der Waals surface area contributed by atoms with Crippen LogP contribution < -0.4 is 5.73 Å². The van der Waals surface area contributed by atoms with Crippen molar-refractivity contribution in [1.82, 2.24) is 15.0 Å². The number of hydrogen-bond donors (Lipinski definition) is 1. The van der Waals surface area contributed by atoms with Gasteiger partial charge in [0.25, 0.3) is 0 Å². The Kier molecular flexibility index (Phi) is 5.80. The summed E-state index contributed by atoms with van der Waals surface area (Å²) in [4.78, 5) is 41.4. The van der Waals surface area contributed by atoms with Crippen molar-refractivity contribution in [2.45, 2.75) is 44.6 Å². The monoisotopic (exact) mass is 424 g/mol. The van der Waals surface area contributed by atoms with Crippen molar-refractivity contribution >= 4 is 17.7 Å². The molecule has 0 bridgehead atoms. The van der Waals surface area contributed by atoms with Crippen LogP contribution in [-0.4, -0.2) is 57.9 Å². The fraction of sp³-hybridized carbons (Fsp3) is 0.478. The van der Waals surface area contributed by atoms with E-state index in [-0.39, 0.29) is 30.1 Å². The summed E-state index contributed by atoms with van der Waals surface area (Å²) < 4.78 is 5.60. The van der Waals surface area contributed by atoms with Crippen molar-refractivity contribution in [2.75, 3.05) is 19.6 Å². The number of hydrogen-bond acceptors (Lipinski definition) is 5. The predicted molar refractivity (Wildman–Crippen MR) is 113 cm³/mol. The minimum atomic E-state index is -1.03. The second-order valence-corrected chi connectivity index (χ2v) is 8.52. The van der Waals surface area contributed by atoms with Gasteiger partial charge in [0, 0.05) is 44.6 Å². The Morgan fingerprint density at radius 1 is 1.19 bits per heavy atom. The summed E-state index contributed by atoms with van der Waals surface area (Å²) in [6, 6.07) is 11.5. The second-order valence-electron chi connectivity index (χ2n) is 8.52. The van der Waals surface area contributed by atoms with Crippen LogP contribution in [0.2, 0.25) is 0 Å². The first-order chi connectivity index (χ1) is 14.9. The highest BCUT2D eigenvalue weighted by Crippen LogP contribution is 2.36. The molecule has 164 valence electrons. The van der Waals surface area contributed by atoms with E-state index in [1.807, 2.05) is 36.4 Å². The molecule has 2 N–H and O–H groups in total. The number of carbonyl (C=O) groups excluding carboxylic acids is 3. The quantitative estimate of drug-likeness (QED) is 0.789. The lowest BCUT2D eigenvalue weighted by molar-refractivity contribution is -0.152. The first-order valence-corrected chi connectivity index (χ1v) is 10.8. The summed E-state index contributed by atoms with van der Waals surface area (Å²) in [5.74, 6) is -0.453. The Morgan fingerprint density at radius 2 is 1.97 bits per heavy atom. The number of carbonyl (C=O) groups is 3. The molecule has 2 aromatic rings. The van der Waals surface area contributed by atoms with Crippen LogP contribution in [0, 0.1) is 5.92 Å². The Hall–Kier alpha value is -3.16. The zero-order chi connectivity index (χ0) is 22.0. The molecule has 0 aliphatic carbocycles. The summed E-state index contributed by atoms with van der Waals surface area (Å²) in [7, 11) is 0. The average Bonchev–Trinajstić information content (AvgIpc) is 3.42. The van der Waals surface area contributed by atoms with Gasteiger partial charge in [-0.1, -0.05) is 35.5 Å². The maximum absolute atomic E-state index is 13.8. The minimum absolute atomic E-state index is 0.135. The number of aromatic nitrogens is 1. The maximum atomic E-state index is 13.8. The van der Waals surface area contributed by atoms with Crippen LogP contribution in [-0.2, 0) is 20.8 Å². The molecule has 2 aliphatic rings. The van der Waals surface area contributed by atoms with Crippen LogP contribution >= 0.6 is 0 Å². The largest absolute Gasteiger partial charge is 0.369 e. The van der Waals surface area contributed by atoms with E-state index in [2.05, 4.69) is 5.16 Å². The number of nitrogens with zero attached hydrogens (tertiary/aromatic N) is 3. The third kappa shape index (κ3) is 4.06. The van der Waals surface area contributed by atoms with Crippen LogP contribution in [0.5, 0.6) is 0 Å². The number of primary amides is 1. The summed E-state index contributed by atoms with van der Waals surface area (Å²) >= 11 is 0. The van der Waals surface area contributed by atoms with E-state index >= 15 is 0 Å². The number of rotatable bonds is 5. The van der Waals surface area contributed by atoms with E-state index in [1.54, 1.807) is 9.80 Å². The Bertz CT molecular complexity index is 973. The van der Waals surface area contributed by atoms with Gasteiger partial charge in [-0.2, -0.15) is 0 Å². The van der Waals surface area contributed by atoms with E-state index in [9.17, 15) is 14.4 Å². The third-order valence-electron chi connectivity index (χ3n) is 6.47. The molecule has 3 amide bonds. The Morgan fingerprint density at radius 3 is 2.68 bits per heavy atom. The van der Waals surface area contributed by atoms with Crippen molar-refractivity contribution < 1.29 is 18.9 Å². The number of piperidine rings is 1. The SMILES string of the molecule is CC(=O)N1CCCC1(Cc1cc(-c2ccccc2)no1)C(=O)N1CCCC(C(N)=O)C1. The van der Waals surface area contributed by atoms with Crippen molar-refractivity contribution in [3.8, 4) is 11.3 Å². The number of amides is 3. The zero-order valence-corrected chi connectivity index (χ0v) is 17.8. The van der Waals surface area contributed by atoms with E-state index < -0.39 is 5.54 Å². The van der Waals surface area contributed by atoms with Gasteiger partial charge in [-0.05, 0) is 25.7 Å². The van der Waals surface area contributed by atoms with Gasteiger partial charge in [0.05, 0.1) is 5.92 Å². The van der Waals surface area contributed by atoms with Gasteiger partial charge in [-0.15, -0.1) is 0 Å². The highest BCUT2D eigenvalue weighted by molar-refractivity contribution is 5.92. The van der Waals surface area contributed by atoms with Gasteiger partial charge in [0.15, 0.2) is 0 Å². The molecule has 1 aromatic carbocycles. The van der Waals surface area contributed by atoms with Crippen LogP contribution in [0.25, 0.3) is 11.3 Å². The van der Waals surface area contributed by atoms with Crippen LogP contribution in [0.4, 0.5) is 0 Å². The number of nitrogens with two attached hydrogens (primary N) is 1. The van der Waals surface area contributed by atoms with Gasteiger partial charge in [0.1, 0.15) is 17.0 Å². The lowest BCUT2D eigenvalue weighted by atomic mass is 9.86. The molecule has 8 nitrogen and oxygen atoms in total. The molecule has 4 rings (SSSR count). The lowest BCUT2D eigenvalue weighted by Crippen LogP contribution is -2.61. The molecule has 8 heteroatoms. The molecular weight excluding hydrogens is 396 g/mol. The topological polar surface area (TPSA) is 110 Å². The Balaban J connectivity index is 1.63. The molecule has 2 atom stereocenters. The standard InChI is InChI=1S/C23H28N4O4/c1-16(28)27-12-6-10-23(27,22(30)26-11-5-9-18(15-26)21(24)29)14-19-13-20(25-31-19)17-7-3-2-4-8-17/h2-4,7-8,13,18H,5-6,9-12,14-15H2,1H3,(H2,24,29). The van der Waals surface area contributed by atoms with Gasteiger partial charge < -0.3 is 20.1 Å². The number of likely N-dealkylation sites (tertiary alicyclic amines) is 2. The normalized spacial score (nSPS) is 23.7. The first kappa shape index (κ1) is 21.1. The molecule has 0 saturated carbocycles. The summed E-state index contributed by atoms with van der Waals surface area (Å²) in [5, 5.41) is 4.17. The van der Waals surface area contributed by atoms with E-state index in [0.29, 0.717) is 43.9 Å². The molecule has 2 fully saturated rings. The molecule has 1 aromatic heterocycles. The van der Waals surface area contributed by atoms with Gasteiger partial charge in [-0.25, -0.2) is 0 Å². The summed E-state index contributed by atoms with van der Waals surface area (Å²) in [6.07, 6.45) is 2.94. The van der Waals surface area contributed by atoms with Gasteiger partial charge >= 0.3 is 0 Å². The Labute approximate surface area is 181 Å². The molecule has 2 unspecified atom stereocenters. The van der Waals surface area contributed by atoms with Crippen LogP contribution in [0.3, 0.4) is 0 Å². The van der Waals surface area contributed by atoms with Crippen LogP contribution in [0.15, 0.2) is 40.9 Å². The molecule has 0 spiro atoms. The lowest BCUT2D eigenvalue weighted by Gasteiger charge is -2.42. The first-order valence-electron chi connectivity index (χ1n) is 10.8. The second kappa shape index (κ2) is 8.53. The smallest absolute Gasteiger partial charge is 0.249 e. The van der Waals surface area contributed by atoms with Gasteiger partial charge in [-0.3, -0.25) is 14.4 Å². The maximum Gasteiger partial charge on any atom is 0.249 e. The molecular formula is C23H28N4O4.